The molecule has 1 aromatic carbocycles. The Morgan fingerprint density at radius 2 is 2.09 bits per heavy atom. The number of nitrogens with one attached hydrogen (secondary N) is 1. The highest BCUT2D eigenvalue weighted by Crippen LogP contribution is 2.32. The lowest BCUT2D eigenvalue weighted by molar-refractivity contribution is -0.124. The van der Waals surface area contributed by atoms with Crippen LogP contribution in [0, 0.1) is 6.92 Å². The minimum Gasteiger partial charge on any atom is -0.383 e. The van der Waals surface area contributed by atoms with E-state index >= 15 is 0 Å². The molecule has 0 saturated heterocycles. The number of aromatic nitrogens is 1. The Hall–Kier alpha value is -1.47. The van der Waals surface area contributed by atoms with E-state index < -0.39 is 6.04 Å². The first-order chi connectivity index (χ1) is 10.9. The number of aryl methyl sites for hydroxylation is 1. The van der Waals surface area contributed by atoms with Crippen LogP contribution in [0.3, 0.4) is 0 Å². The lowest BCUT2D eigenvalue weighted by Gasteiger charge is -2.16. The van der Waals surface area contributed by atoms with Crippen molar-refractivity contribution in [3.05, 3.63) is 39.9 Å². The van der Waals surface area contributed by atoms with Crippen molar-refractivity contribution in [2.75, 3.05) is 13.7 Å². The number of ether oxygens (including phenoxy) is 1. The van der Waals surface area contributed by atoms with Gasteiger partial charge in [0.1, 0.15) is 11.0 Å². The molecule has 0 aliphatic heterocycles. The van der Waals surface area contributed by atoms with Crippen LogP contribution in [0.5, 0.6) is 0 Å². The van der Waals surface area contributed by atoms with Crippen molar-refractivity contribution in [1.82, 2.24) is 10.3 Å². The van der Waals surface area contributed by atoms with E-state index in [2.05, 4.69) is 10.3 Å². The molecule has 23 heavy (non-hydrogen) atoms. The zero-order chi connectivity index (χ0) is 17.0. The van der Waals surface area contributed by atoms with Gasteiger partial charge in [0.05, 0.1) is 23.2 Å². The van der Waals surface area contributed by atoms with Crippen LogP contribution in [0.1, 0.15) is 23.5 Å². The molecule has 0 saturated carbocycles. The summed E-state index contributed by atoms with van der Waals surface area (Å²) in [6.07, 6.45) is 0. The van der Waals surface area contributed by atoms with Gasteiger partial charge < -0.3 is 15.8 Å². The first kappa shape index (κ1) is 17.9. The molecule has 0 aliphatic rings. The normalized spacial score (nSPS) is 13.6. The Balaban J connectivity index is 2.14. The second-order valence-electron chi connectivity index (χ2n) is 5.27. The summed E-state index contributed by atoms with van der Waals surface area (Å²) in [4.78, 5) is 17.6. The van der Waals surface area contributed by atoms with Crippen molar-refractivity contribution >= 4 is 28.8 Å². The molecule has 2 rings (SSSR count). The minimum atomic E-state index is -0.675. The van der Waals surface area contributed by atoms with E-state index in [-0.39, 0.29) is 18.6 Å². The third-order valence-corrected chi connectivity index (χ3v) is 5.00. The number of methoxy groups -OCH3 is 1. The Bertz CT molecular complexity index is 672. The molecule has 0 radical (unpaired) electrons. The molecule has 2 unspecified atom stereocenters. The number of hydrogen-bond acceptors (Lipinski definition) is 5. The third-order valence-electron chi connectivity index (χ3n) is 3.36. The first-order valence-corrected chi connectivity index (χ1v) is 8.40. The van der Waals surface area contributed by atoms with Gasteiger partial charge >= 0.3 is 0 Å². The van der Waals surface area contributed by atoms with E-state index in [4.69, 9.17) is 22.1 Å². The predicted molar refractivity (Wildman–Crippen MR) is 93.7 cm³/mol. The molecule has 3 N–H and O–H groups in total. The number of rotatable bonds is 6. The minimum absolute atomic E-state index is 0.163. The predicted octanol–water partition coefficient (Wildman–Crippen LogP) is 2.92. The zero-order valence-corrected chi connectivity index (χ0v) is 14.9. The number of amides is 1. The quantitative estimate of drug-likeness (QED) is 0.837. The Labute approximate surface area is 144 Å². The van der Waals surface area contributed by atoms with Crippen LogP contribution in [-0.4, -0.2) is 30.6 Å². The summed E-state index contributed by atoms with van der Waals surface area (Å²) >= 11 is 7.46. The highest BCUT2D eigenvalue weighted by atomic mass is 35.5. The summed E-state index contributed by atoms with van der Waals surface area (Å²) in [6.45, 7) is 4.04. The van der Waals surface area contributed by atoms with Crippen LogP contribution in [0.2, 0.25) is 5.02 Å². The summed E-state index contributed by atoms with van der Waals surface area (Å²) in [6, 6.07) is 6.70. The monoisotopic (exact) mass is 353 g/mol. The van der Waals surface area contributed by atoms with Crippen LogP contribution in [0.4, 0.5) is 0 Å². The zero-order valence-electron chi connectivity index (χ0n) is 13.3. The van der Waals surface area contributed by atoms with Gasteiger partial charge in [0, 0.05) is 17.7 Å². The average molecular weight is 354 g/mol. The van der Waals surface area contributed by atoms with E-state index in [1.54, 1.807) is 11.3 Å². The van der Waals surface area contributed by atoms with Crippen molar-refractivity contribution in [2.45, 2.75) is 25.9 Å². The molecule has 7 heteroatoms. The topological polar surface area (TPSA) is 77.2 Å². The van der Waals surface area contributed by atoms with Crippen molar-refractivity contribution < 1.29 is 9.53 Å². The second-order valence-corrected chi connectivity index (χ2v) is 6.73. The number of nitrogens with zero attached hydrogens (tertiary/aromatic N) is 1. The number of nitrogens with two attached hydrogens (primary N) is 1. The van der Waals surface area contributed by atoms with Crippen LogP contribution >= 0.6 is 22.9 Å². The standard InChI is InChI=1S/C16H20ClN3O2S/c1-9(19-15(21)13(18)8-22-3)14-10(2)20-16(23-14)11-4-6-12(17)7-5-11/h4-7,9,13H,8,18H2,1-3H3,(H,19,21). The second kappa shape index (κ2) is 7.88. The lowest BCUT2D eigenvalue weighted by Crippen LogP contribution is -2.44. The molecule has 124 valence electrons. The number of carbonyl (C=O) groups is 1. The van der Waals surface area contributed by atoms with Crippen LogP contribution in [0.25, 0.3) is 10.6 Å². The molecule has 1 aromatic heterocycles. The number of hydrogen-bond donors (Lipinski definition) is 2. The summed E-state index contributed by atoms with van der Waals surface area (Å²) < 4.78 is 4.90. The number of thiazole rings is 1. The highest BCUT2D eigenvalue weighted by molar-refractivity contribution is 7.15. The molecule has 0 bridgehead atoms. The molecule has 1 amide bonds. The average Bonchev–Trinajstić information content (AvgIpc) is 2.90. The van der Waals surface area contributed by atoms with Crippen molar-refractivity contribution in [3.63, 3.8) is 0 Å². The van der Waals surface area contributed by atoms with Gasteiger partial charge in [-0.15, -0.1) is 11.3 Å². The first-order valence-electron chi connectivity index (χ1n) is 7.20. The largest absolute Gasteiger partial charge is 0.383 e. The molecular weight excluding hydrogens is 334 g/mol. The van der Waals surface area contributed by atoms with Crippen molar-refractivity contribution in [2.24, 2.45) is 5.73 Å². The van der Waals surface area contributed by atoms with Gasteiger partial charge in [-0.2, -0.15) is 0 Å². The van der Waals surface area contributed by atoms with Gasteiger partial charge in [0.15, 0.2) is 0 Å². The van der Waals surface area contributed by atoms with Gasteiger partial charge in [0.25, 0.3) is 0 Å². The van der Waals surface area contributed by atoms with E-state index in [1.165, 1.54) is 7.11 Å². The van der Waals surface area contributed by atoms with Gasteiger partial charge in [-0.3, -0.25) is 4.79 Å². The summed E-state index contributed by atoms with van der Waals surface area (Å²) in [7, 11) is 1.52. The van der Waals surface area contributed by atoms with Crippen LogP contribution < -0.4 is 11.1 Å². The van der Waals surface area contributed by atoms with Crippen LogP contribution in [0.15, 0.2) is 24.3 Å². The maximum absolute atomic E-state index is 12.0. The van der Waals surface area contributed by atoms with Gasteiger partial charge in [-0.1, -0.05) is 23.7 Å². The molecule has 0 spiro atoms. The molecule has 5 nitrogen and oxygen atoms in total. The fraction of sp³-hybridized carbons (Fsp3) is 0.375. The van der Waals surface area contributed by atoms with Gasteiger partial charge in [0.2, 0.25) is 5.91 Å². The van der Waals surface area contributed by atoms with E-state index in [0.717, 1.165) is 21.1 Å². The fourth-order valence-electron chi connectivity index (χ4n) is 2.17. The SMILES string of the molecule is COCC(N)C(=O)NC(C)c1sc(-c2ccc(Cl)cc2)nc1C. The molecule has 0 fully saturated rings. The Morgan fingerprint density at radius 3 is 2.70 bits per heavy atom. The molecule has 2 aromatic rings. The van der Waals surface area contributed by atoms with E-state index in [9.17, 15) is 4.79 Å². The third kappa shape index (κ3) is 4.51. The summed E-state index contributed by atoms with van der Waals surface area (Å²) in [5, 5.41) is 4.49. The fourth-order valence-corrected chi connectivity index (χ4v) is 3.37. The van der Waals surface area contributed by atoms with Crippen LogP contribution in [-0.2, 0) is 9.53 Å². The summed E-state index contributed by atoms with van der Waals surface area (Å²) in [5.41, 5.74) is 7.64. The molecule has 0 aliphatic carbocycles. The highest BCUT2D eigenvalue weighted by Gasteiger charge is 2.20. The smallest absolute Gasteiger partial charge is 0.239 e. The van der Waals surface area contributed by atoms with E-state index in [1.807, 2.05) is 38.1 Å². The maximum Gasteiger partial charge on any atom is 0.239 e. The van der Waals surface area contributed by atoms with Crippen molar-refractivity contribution in [3.8, 4) is 10.6 Å². The van der Waals surface area contributed by atoms with Gasteiger partial charge in [-0.25, -0.2) is 4.98 Å². The number of carbonyl (C=O) groups excluding carboxylic acids is 1. The molecule has 2 atom stereocenters. The number of halogens is 1. The Morgan fingerprint density at radius 1 is 1.43 bits per heavy atom. The molecule has 1 heterocycles. The van der Waals surface area contributed by atoms with Crippen molar-refractivity contribution in [1.29, 1.82) is 0 Å². The molecular formula is C16H20ClN3O2S. The summed E-state index contributed by atoms with van der Waals surface area (Å²) in [5.74, 6) is -0.236. The lowest BCUT2D eigenvalue weighted by atomic mass is 10.2. The van der Waals surface area contributed by atoms with E-state index in [0.29, 0.717) is 5.02 Å². The maximum atomic E-state index is 12.0. The Kier molecular flexibility index (Phi) is 6.12. The van der Waals surface area contributed by atoms with Gasteiger partial charge in [-0.05, 0) is 26.0 Å². The number of benzene rings is 1.